The van der Waals surface area contributed by atoms with E-state index in [-0.39, 0.29) is 0 Å². The van der Waals surface area contributed by atoms with Gasteiger partial charge < -0.3 is 41.4 Å². The fourth-order valence-electron chi connectivity index (χ4n) is 4.91. The first-order valence-corrected chi connectivity index (χ1v) is 19.0. The average Bonchev–Trinajstić information content (AvgIpc) is 3.77. The molecule has 0 unspecified atom stereocenters. The number of carboxylic acids is 2. The van der Waals surface area contributed by atoms with Crippen molar-refractivity contribution < 1.29 is 65.3 Å². The highest BCUT2D eigenvalue weighted by molar-refractivity contribution is 9.10. The van der Waals surface area contributed by atoms with Crippen LogP contribution < -0.4 is 21.3 Å². The Morgan fingerprint density at radius 3 is 1.19 bits per heavy atom. The molecule has 0 saturated carbocycles. The number of Topliss-reactive ketones (excluding diaryl/α,β-unsaturated/α-hetero) is 2. The van der Waals surface area contributed by atoms with Crippen LogP contribution in [-0.4, -0.2) is 107 Å². The van der Waals surface area contributed by atoms with Gasteiger partial charge in [0.2, 0.25) is 0 Å². The first kappa shape index (κ1) is 49.3. The van der Waals surface area contributed by atoms with E-state index in [2.05, 4.69) is 63.1 Å². The van der Waals surface area contributed by atoms with Gasteiger partial charge >= 0.3 is 24.3 Å². The van der Waals surface area contributed by atoms with E-state index in [1.165, 1.54) is 0 Å². The standard InChI is InChI=1S/C32H38Br2N6O4.2C2HF3O2/c33-21-7-9-23-25(19-39-27(23)17-21)29(41)31(43)37-15-5-13-35-11-3-1-2-4-12-36-14-6-16-38-32(44)30(42)26-20-40-28-18-22(34)8-10-24(26)28;2*3-2(4,5)1(6)7/h7-10,17-20,35-36,39-40H,1-6,11-16H2,(H,37,43)(H,38,44);2*(H,6,7). The van der Waals surface area contributed by atoms with E-state index in [4.69, 9.17) is 19.8 Å². The summed E-state index contributed by atoms with van der Waals surface area (Å²) in [5.74, 6) is -7.75. The summed E-state index contributed by atoms with van der Waals surface area (Å²) in [6.45, 7) is 4.27. The molecule has 4 rings (SSSR count). The Kier molecular flexibility index (Phi) is 20.6. The Balaban J connectivity index is 0.000000707. The van der Waals surface area contributed by atoms with Crippen LogP contribution in [0.3, 0.4) is 0 Å². The number of aromatic amines is 2. The Labute approximate surface area is 343 Å². The smallest absolute Gasteiger partial charge is 0.475 e. The Hall–Kier alpha value is -4.80. The predicted octanol–water partition coefficient (Wildman–Crippen LogP) is 6.26. The van der Waals surface area contributed by atoms with Crippen LogP contribution >= 0.6 is 31.9 Å². The third kappa shape index (κ3) is 17.4. The van der Waals surface area contributed by atoms with E-state index < -0.39 is 47.7 Å². The number of fused-ring (bicyclic) bond motifs is 2. The molecule has 0 spiro atoms. The molecule has 0 fully saturated rings. The molecule has 14 nitrogen and oxygen atoms in total. The lowest BCUT2D eigenvalue weighted by atomic mass is 10.1. The lowest BCUT2D eigenvalue weighted by Gasteiger charge is -2.07. The van der Waals surface area contributed by atoms with Crippen LogP contribution in [0.2, 0.25) is 0 Å². The molecule has 2 aromatic heterocycles. The lowest BCUT2D eigenvalue weighted by molar-refractivity contribution is -0.193. The number of carboxylic acid groups (broad SMARTS) is 2. The fraction of sp³-hybridized carbons (Fsp3) is 0.389. The highest BCUT2D eigenvalue weighted by Gasteiger charge is 2.39. The average molecular weight is 959 g/mol. The second kappa shape index (κ2) is 24.2. The number of H-pyrrole nitrogens is 2. The number of nitrogens with one attached hydrogen (secondary N) is 6. The van der Waals surface area contributed by atoms with Gasteiger partial charge in [0.05, 0.1) is 11.1 Å². The maximum absolute atomic E-state index is 12.5. The summed E-state index contributed by atoms with van der Waals surface area (Å²) in [4.78, 5) is 73.5. The van der Waals surface area contributed by atoms with Gasteiger partial charge in [0.15, 0.2) is 0 Å². The second-order valence-corrected chi connectivity index (χ2v) is 14.0. The minimum absolute atomic E-state index is 0.381. The van der Waals surface area contributed by atoms with Crippen LogP contribution in [0.15, 0.2) is 57.7 Å². The topological polar surface area (TPSA) is 223 Å². The van der Waals surface area contributed by atoms with Crippen molar-refractivity contribution in [3.05, 3.63) is 68.9 Å². The summed E-state index contributed by atoms with van der Waals surface area (Å²) in [6, 6.07) is 11.1. The third-order valence-electron chi connectivity index (χ3n) is 7.76. The molecule has 2 amide bonds. The van der Waals surface area contributed by atoms with Crippen molar-refractivity contribution in [1.29, 1.82) is 0 Å². The van der Waals surface area contributed by atoms with Crippen LogP contribution in [0.1, 0.15) is 59.2 Å². The number of carbonyl (C=O) groups is 6. The molecule has 0 bridgehead atoms. The predicted molar refractivity (Wildman–Crippen MR) is 208 cm³/mol. The summed E-state index contributed by atoms with van der Waals surface area (Å²) >= 11 is 6.80. The molecule has 0 atom stereocenters. The number of hydrogen-bond acceptors (Lipinski definition) is 8. The first-order chi connectivity index (χ1) is 27.2. The number of rotatable bonds is 19. The number of hydrogen-bond donors (Lipinski definition) is 8. The normalized spacial score (nSPS) is 11.2. The van der Waals surface area contributed by atoms with Gasteiger partial charge in [-0.15, -0.1) is 0 Å². The van der Waals surface area contributed by atoms with E-state index >= 15 is 0 Å². The van der Waals surface area contributed by atoms with Crippen molar-refractivity contribution in [3.8, 4) is 0 Å². The fourth-order valence-corrected chi connectivity index (χ4v) is 5.63. The van der Waals surface area contributed by atoms with E-state index in [9.17, 15) is 45.5 Å². The van der Waals surface area contributed by atoms with Crippen molar-refractivity contribution >= 4 is 89.0 Å². The van der Waals surface area contributed by atoms with E-state index in [0.29, 0.717) is 24.2 Å². The van der Waals surface area contributed by atoms with Crippen LogP contribution in [0, 0.1) is 0 Å². The second-order valence-electron chi connectivity index (χ2n) is 12.2. The number of ketones is 2. The highest BCUT2D eigenvalue weighted by atomic mass is 79.9. The summed E-state index contributed by atoms with van der Waals surface area (Å²) in [6.07, 6.45) is -1.09. The zero-order chi connectivity index (χ0) is 43.5. The molecule has 0 saturated heterocycles. The van der Waals surface area contributed by atoms with Gasteiger partial charge in [0.25, 0.3) is 23.4 Å². The molecular formula is C36H40Br2F6N6O8. The maximum atomic E-state index is 12.5. The van der Waals surface area contributed by atoms with Crippen molar-refractivity contribution in [3.63, 3.8) is 0 Å². The maximum Gasteiger partial charge on any atom is 0.490 e. The molecule has 318 valence electrons. The largest absolute Gasteiger partial charge is 0.490 e. The van der Waals surface area contributed by atoms with E-state index in [0.717, 1.165) is 95.5 Å². The lowest BCUT2D eigenvalue weighted by Crippen LogP contribution is -2.33. The molecular weight excluding hydrogens is 918 g/mol. The number of aliphatic carboxylic acids is 2. The van der Waals surface area contributed by atoms with Gasteiger partial charge in [-0.3, -0.25) is 19.2 Å². The minimum Gasteiger partial charge on any atom is -0.475 e. The van der Waals surface area contributed by atoms with Gasteiger partial charge in [0, 0.05) is 56.2 Å². The summed E-state index contributed by atoms with van der Waals surface area (Å²) < 4.78 is 65.3. The quantitative estimate of drug-likeness (QED) is 0.0228. The zero-order valence-corrected chi connectivity index (χ0v) is 33.6. The van der Waals surface area contributed by atoms with Crippen LogP contribution in [0.5, 0.6) is 0 Å². The van der Waals surface area contributed by atoms with E-state index in [1.54, 1.807) is 12.4 Å². The SMILES string of the molecule is O=C(NCCCNCCCCCCNCCCNC(=O)C(=O)c1c[nH]c2cc(Br)ccc12)C(=O)c1c[nH]c2cc(Br)ccc12.O=C(O)C(F)(F)F.O=C(O)C(F)(F)F. The van der Waals surface area contributed by atoms with Crippen molar-refractivity contribution in [2.75, 3.05) is 39.3 Å². The Bertz CT molecular complexity index is 1880. The van der Waals surface area contributed by atoms with E-state index in [1.807, 2.05) is 36.4 Å². The van der Waals surface area contributed by atoms with Gasteiger partial charge in [-0.2, -0.15) is 26.3 Å². The Morgan fingerprint density at radius 1 is 0.534 bits per heavy atom. The van der Waals surface area contributed by atoms with Crippen LogP contribution in [0.25, 0.3) is 21.8 Å². The summed E-state index contributed by atoms with van der Waals surface area (Å²) in [5, 5.41) is 27.9. The molecule has 58 heavy (non-hydrogen) atoms. The Morgan fingerprint density at radius 2 is 0.862 bits per heavy atom. The molecule has 0 aliphatic heterocycles. The molecule has 8 N–H and O–H groups in total. The molecule has 2 heterocycles. The van der Waals surface area contributed by atoms with Crippen molar-refractivity contribution in [2.45, 2.75) is 50.9 Å². The molecule has 4 aromatic rings. The number of alkyl halides is 6. The molecule has 0 radical (unpaired) electrons. The van der Waals surface area contributed by atoms with Crippen LogP contribution in [-0.2, 0) is 19.2 Å². The molecule has 0 aliphatic rings. The number of unbranched alkanes of at least 4 members (excludes halogenated alkanes) is 3. The number of amides is 2. The number of carbonyl (C=O) groups excluding carboxylic acids is 4. The number of halogens is 8. The number of benzene rings is 2. The number of aromatic nitrogens is 2. The molecule has 22 heteroatoms. The van der Waals surface area contributed by atoms with Gasteiger partial charge in [-0.05, 0) is 76.1 Å². The molecule has 0 aliphatic carbocycles. The summed E-state index contributed by atoms with van der Waals surface area (Å²) in [5.41, 5.74) is 2.37. The van der Waals surface area contributed by atoms with Crippen molar-refractivity contribution in [1.82, 2.24) is 31.2 Å². The van der Waals surface area contributed by atoms with Gasteiger partial charge in [-0.1, -0.05) is 56.8 Å². The first-order valence-electron chi connectivity index (χ1n) is 17.4. The zero-order valence-electron chi connectivity index (χ0n) is 30.5. The van der Waals surface area contributed by atoms with Gasteiger partial charge in [0.1, 0.15) is 0 Å². The highest BCUT2D eigenvalue weighted by Crippen LogP contribution is 2.24. The molecule has 2 aromatic carbocycles. The van der Waals surface area contributed by atoms with Gasteiger partial charge in [-0.25, -0.2) is 9.59 Å². The van der Waals surface area contributed by atoms with Crippen LogP contribution in [0.4, 0.5) is 26.3 Å². The third-order valence-corrected chi connectivity index (χ3v) is 8.75. The monoisotopic (exact) mass is 956 g/mol. The minimum atomic E-state index is -5.08. The van der Waals surface area contributed by atoms with Crippen molar-refractivity contribution in [2.24, 2.45) is 0 Å². The summed E-state index contributed by atoms with van der Waals surface area (Å²) in [7, 11) is 0.